The van der Waals surface area contributed by atoms with Crippen LogP contribution in [-0.2, 0) is 22.4 Å². The van der Waals surface area contributed by atoms with Gasteiger partial charge in [-0.3, -0.25) is 9.59 Å². The van der Waals surface area contributed by atoms with E-state index in [0.717, 1.165) is 49.0 Å². The van der Waals surface area contributed by atoms with E-state index in [-0.39, 0.29) is 11.3 Å². The smallest absolute Gasteiger partial charge is 0.251 e. The van der Waals surface area contributed by atoms with E-state index in [1.165, 1.54) is 11.3 Å². The van der Waals surface area contributed by atoms with Crippen molar-refractivity contribution in [1.29, 1.82) is 0 Å². The van der Waals surface area contributed by atoms with Crippen molar-refractivity contribution in [3.05, 3.63) is 16.0 Å². The number of carbonyl (C=O) groups excluding carboxylic acids is 3. The zero-order chi connectivity index (χ0) is 21.3. The number of nitrogens with one attached hydrogen (secondary N) is 1. The Morgan fingerprint density at radius 2 is 1.83 bits per heavy atom. The van der Waals surface area contributed by atoms with Crippen molar-refractivity contribution in [3.8, 4) is 0 Å². The summed E-state index contributed by atoms with van der Waals surface area (Å²) in [6, 6.07) is 0. The van der Waals surface area contributed by atoms with Crippen molar-refractivity contribution in [2.45, 2.75) is 72.1 Å². The topological polar surface area (TPSA) is 112 Å². The summed E-state index contributed by atoms with van der Waals surface area (Å²) < 4.78 is 0. The predicted molar refractivity (Wildman–Crippen MR) is 112 cm³/mol. The number of primary amides is 1. The van der Waals surface area contributed by atoms with Gasteiger partial charge in [0.05, 0.1) is 5.56 Å². The quantitative estimate of drug-likeness (QED) is 0.738. The van der Waals surface area contributed by atoms with Crippen LogP contribution in [0.1, 0.15) is 80.1 Å². The van der Waals surface area contributed by atoms with E-state index in [1.54, 1.807) is 0 Å². The second kappa shape index (κ2) is 8.46. The number of hydrogen-bond donors (Lipinski definition) is 2. The third-order valence-corrected chi connectivity index (χ3v) is 8.34. The second-order valence-electron chi connectivity index (χ2n) is 9.16. The maximum Gasteiger partial charge on any atom is 0.251 e. The number of carboxylic acids is 1. The summed E-state index contributed by atoms with van der Waals surface area (Å²) in [5, 5.41) is 14.8. The molecule has 1 heterocycles. The third kappa shape index (κ3) is 4.34. The molecule has 0 unspecified atom stereocenters. The molecule has 29 heavy (non-hydrogen) atoms. The molecule has 3 N–H and O–H groups in total. The van der Waals surface area contributed by atoms with Gasteiger partial charge in [-0.2, -0.15) is 0 Å². The molecule has 2 aliphatic carbocycles. The standard InChI is InChI=1S/C22H32N2O4S/c1-4-22(2,3)12-9-10-15-16(11-12)29-20(17(15)18(23)25)24-19(26)13-7-5-6-8-14(13)21(27)28/h12-14H,4-11H2,1-3H3,(H2,23,25)(H,24,26)(H,27,28)/p-1/t12-,13+,14-/m0/s1. The highest BCUT2D eigenvalue weighted by Crippen LogP contribution is 2.45. The molecular formula is C22H31N2O4S-. The molecule has 2 amide bonds. The summed E-state index contributed by atoms with van der Waals surface area (Å²) in [5.74, 6) is -2.93. The van der Waals surface area contributed by atoms with Crippen LogP contribution in [0.25, 0.3) is 0 Å². The van der Waals surface area contributed by atoms with Gasteiger partial charge in [-0.05, 0) is 49.0 Å². The van der Waals surface area contributed by atoms with Crippen molar-refractivity contribution in [2.24, 2.45) is 28.9 Å². The van der Waals surface area contributed by atoms with Gasteiger partial charge in [-0.1, -0.05) is 40.0 Å². The highest BCUT2D eigenvalue weighted by Gasteiger charge is 2.36. The second-order valence-corrected chi connectivity index (χ2v) is 10.3. The zero-order valence-corrected chi connectivity index (χ0v) is 18.3. The molecule has 0 radical (unpaired) electrons. The van der Waals surface area contributed by atoms with Crippen LogP contribution in [-0.4, -0.2) is 17.8 Å². The summed E-state index contributed by atoms with van der Waals surface area (Å²) in [6.45, 7) is 6.75. The van der Waals surface area contributed by atoms with E-state index in [9.17, 15) is 19.5 Å². The SMILES string of the molecule is CCC(C)(C)[C@H]1CCc2c(sc(NC(=O)[C@@H]3CCCC[C@@H]3C(=O)[O-])c2C(N)=O)C1. The fourth-order valence-corrected chi connectivity index (χ4v) is 6.16. The lowest BCUT2D eigenvalue weighted by Gasteiger charge is -2.36. The first-order chi connectivity index (χ1) is 13.7. The number of aliphatic carboxylic acids is 1. The molecule has 0 aliphatic heterocycles. The lowest BCUT2D eigenvalue weighted by molar-refractivity contribution is -0.313. The molecule has 0 bridgehead atoms. The summed E-state index contributed by atoms with van der Waals surface area (Å²) in [4.78, 5) is 37.7. The van der Waals surface area contributed by atoms with Crippen LogP contribution in [0.2, 0.25) is 0 Å². The van der Waals surface area contributed by atoms with Crippen LogP contribution in [0.4, 0.5) is 5.00 Å². The highest BCUT2D eigenvalue weighted by atomic mass is 32.1. The van der Waals surface area contributed by atoms with Crippen molar-refractivity contribution in [2.75, 3.05) is 5.32 Å². The van der Waals surface area contributed by atoms with Gasteiger partial charge in [0.1, 0.15) is 5.00 Å². The monoisotopic (exact) mass is 419 g/mol. The first kappa shape index (κ1) is 21.8. The summed E-state index contributed by atoms with van der Waals surface area (Å²) in [5.41, 5.74) is 7.25. The molecule has 6 nitrogen and oxygen atoms in total. The Balaban J connectivity index is 1.86. The Bertz CT molecular complexity index is 814. The molecule has 1 aromatic rings. The van der Waals surface area contributed by atoms with E-state index in [1.807, 2.05) is 0 Å². The normalized spacial score (nSPS) is 24.6. The maximum absolute atomic E-state index is 12.9. The number of carbonyl (C=O) groups is 3. The Kier molecular flexibility index (Phi) is 6.36. The van der Waals surface area contributed by atoms with Gasteiger partial charge < -0.3 is 21.0 Å². The average molecular weight is 420 g/mol. The van der Waals surface area contributed by atoms with Gasteiger partial charge in [0, 0.05) is 22.7 Å². The number of nitrogens with two attached hydrogens (primary N) is 1. The molecule has 2 aliphatic rings. The van der Waals surface area contributed by atoms with E-state index in [4.69, 9.17) is 5.73 Å². The lowest BCUT2D eigenvalue weighted by Crippen LogP contribution is -2.42. The molecule has 3 rings (SSSR count). The van der Waals surface area contributed by atoms with E-state index >= 15 is 0 Å². The van der Waals surface area contributed by atoms with Crippen LogP contribution in [0.15, 0.2) is 0 Å². The first-order valence-corrected chi connectivity index (χ1v) is 11.4. The van der Waals surface area contributed by atoms with Gasteiger partial charge in [0.15, 0.2) is 0 Å². The Hall–Kier alpha value is -1.89. The minimum Gasteiger partial charge on any atom is -0.550 e. The van der Waals surface area contributed by atoms with Gasteiger partial charge in [0.2, 0.25) is 5.91 Å². The van der Waals surface area contributed by atoms with Crippen molar-refractivity contribution in [1.82, 2.24) is 0 Å². The number of anilines is 1. The third-order valence-electron chi connectivity index (χ3n) is 7.17. The molecule has 0 spiro atoms. The fourth-order valence-electron chi connectivity index (χ4n) is 4.82. The van der Waals surface area contributed by atoms with Gasteiger partial charge in [0.25, 0.3) is 5.91 Å². The molecular weight excluding hydrogens is 388 g/mol. The molecule has 3 atom stereocenters. The van der Waals surface area contributed by atoms with E-state index in [0.29, 0.717) is 29.3 Å². The minimum absolute atomic E-state index is 0.210. The van der Waals surface area contributed by atoms with Crippen LogP contribution in [0.3, 0.4) is 0 Å². The predicted octanol–water partition coefficient (Wildman–Crippen LogP) is 2.88. The van der Waals surface area contributed by atoms with Crippen molar-refractivity contribution < 1.29 is 19.5 Å². The molecule has 0 aromatic carbocycles. The van der Waals surface area contributed by atoms with Crippen molar-refractivity contribution >= 4 is 34.1 Å². The average Bonchev–Trinajstić information content (AvgIpc) is 3.04. The molecule has 1 saturated carbocycles. The fraction of sp³-hybridized carbons (Fsp3) is 0.682. The van der Waals surface area contributed by atoms with Gasteiger partial charge in [-0.15, -0.1) is 11.3 Å². The zero-order valence-electron chi connectivity index (χ0n) is 17.5. The molecule has 7 heteroatoms. The minimum atomic E-state index is -1.17. The number of rotatable bonds is 6. The van der Waals surface area contributed by atoms with E-state index < -0.39 is 23.7 Å². The molecule has 1 fully saturated rings. The Morgan fingerprint density at radius 3 is 2.41 bits per heavy atom. The number of amides is 2. The first-order valence-electron chi connectivity index (χ1n) is 10.6. The van der Waals surface area contributed by atoms with Crippen LogP contribution < -0.4 is 16.2 Å². The Labute approximate surface area is 176 Å². The molecule has 0 saturated heterocycles. The maximum atomic E-state index is 12.9. The van der Waals surface area contributed by atoms with Crippen LogP contribution >= 0.6 is 11.3 Å². The molecule has 160 valence electrons. The largest absolute Gasteiger partial charge is 0.550 e. The molecule has 1 aromatic heterocycles. The number of hydrogen-bond acceptors (Lipinski definition) is 5. The lowest BCUT2D eigenvalue weighted by atomic mass is 9.69. The number of thiophene rings is 1. The number of carboxylic acid groups (broad SMARTS) is 1. The Morgan fingerprint density at radius 1 is 1.17 bits per heavy atom. The summed E-state index contributed by atoms with van der Waals surface area (Å²) in [7, 11) is 0. The highest BCUT2D eigenvalue weighted by molar-refractivity contribution is 7.17. The summed E-state index contributed by atoms with van der Waals surface area (Å²) in [6.07, 6.45) is 6.31. The number of fused-ring (bicyclic) bond motifs is 1. The van der Waals surface area contributed by atoms with Gasteiger partial charge in [-0.25, -0.2) is 0 Å². The summed E-state index contributed by atoms with van der Waals surface area (Å²) >= 11 is 1.43. The van der Waals surface area contributed by atoms with Crippen LogP contribution in [0, 0.1) is 23.2 Å². The van der Waals surface area contributed by atoms with Crippen molar-refractivity contribution in [3.63, 3.8) is 0 Å². The van der Waals surface area contributed by atoms with Gasteiger partial charge >= 0.3 is 0 Å². The van der Waals surface area contributed by atoms with E-state index in [2.05, 4.69) is 26.1 Å². The van der Waals surface area contributed by atoms with Crippen LogP contribution in [0.5, 0.6) is 0 Å².